The molecule has 5 rings (SSSR count). The van der Waals surface area contributed by atoms with E-state index in [1.807, 2.05) is 44.2 Å². The Morgan fingerprint density at radius 2 is 1.96 bits per heavy atom. The number of thiazole rings is 1. The Morgan fingerprint density at radius 1 is 1.18 bits per heavy atom. The predicted octanol–water partition coefficient (Wildman–Crippen LogP) is 3.94. The van der Waals surface area contributed by atoms with Gasteiger partial charge in [-0.1, -0.05) is 55.5 Å². The van der Waals surface area contributed by atoms with E-state index in [0.717, 1.165) is 47.1 Å². The quantitative estimate of drug-likeness (QED) is 0.222. The predicted molar refractivity (Wildman–Crippen MR) is 176 cm³/mol. The number of aliphatic hydroxyl groups is 1. The molecule has 0 saturated carbocycles. The first-order valence-corrected chi connectivity index (χ1v) is 18.1. The fraction of sp³-hybridized carbons (Fsp3) is 0.562. The number of rotatable bonds is 15. The molecule has 11 nitrogen and oxygen atoms in total. The molecule has 0 unspecified atom stereocenters. The van der Waals surface area contributed by atoms with E-state index in [2.05, 4.69) is 20.5 Å². The third-order valence-electron chi connectivity index (χ3n) is 8.09. The summed E-state index contributed by atoms with van der Waals surface area (Å²) in [6.07, 6.45) is 1.19. The van der Waals surface area contributed by atoms with Crippen LogP contribution in [-0.4, -0.2) is 105 Å². The van der Waals surface area contributed by atoms with Crippen LogP contribution >= 0.6 is 11.3 Å². The third kappa shape index (κ3) is 9.36. The highest BCUT2D eigenvalue weighted by atomic mass is 32.2. The van der Waals surface area contributed by atoms with Crippen LogP contribution in [0.25, 0.3) is 10.2 Å². The molecular weight excluding hydrogens is 615 g/mol. The van der Waals surface area contributed by atoms with Gasteiger partial charge in [0.15, 0.2) is 5.13 Å². The van der Waals surface area contributed by atoms with Crippen LogP contribution in [0, 0.1) is 5.92 Å². The summed E-state index contributed by atoms with van der Waals surface area (Å²) in [7, 11) is -3.99. The van der Waals surface area contributed by atoms with E-state index in [4.69, 9.17) is 9.47 Å². The number of nitrogens with one attached hydrogen (secondary N) is 2. The van der Waals surface area contributed by atoms with Crippen molar-refractivity contribution in [2.75, 3.05) is 57.8 Å². The third-order valence-corrected chi connectivity index (χ3v) is 10.9. The van der Waals surface area contributed by atoms with Crippen molar-refractivity contribution in [1.29, 1.82) is 0 Å². The van der Waals surface area contributed by atoms with E-state index in [0.29, 0.717) is 26.1 Å². The minimum absolute atomic E-state index is 0.00150. The summed E-state index contributed by atoms with van der Waals surface area (Å²) in [5.74, 6) is -0.00150. The molecule has 0 radical (unpaired) electrons. The highest BCUT2D eigenvalue weighted by Gasteiger charge is 2.32. The minimum Gasteiger partial charge on any atom is -0.444 e. The molecule has 0 spiro atoms. The number of likely N-dealkylation sites (tertiary alicyclic amines) is 1. The second kappa shape index (κ2) is 15.7. The van der Waals surface area contributed by atoms with Crippen molar-refractivity contribution in [2.45, 2.75) is 62.7 Å². The normalized spacial score (nSPS) is 18.9. The molecule has 3 heterocycles. The Morgan fingerprint density at radius 3 is 2.67 bits per heavy atom. The second-order valence-electron chi connectivity index (χ2n) is 12.2. The molecule has 2 fully saturated rings. The Balaban J connectivity index is 1.30. The lowest BCUT2D eigenvalue weighted by Crippen LogP contribution is -2.51. The van der Waals surface area contributed by atoms with Gasteiger partial charge < -0.3 is 30.1 Å². The number of anilines is 1. The van der Waals surface area contributed by atoms with Gasteiger partial charge in [0.1, 0.15) is 6.10 Å². The maximum absolute atomic E-state index is 14.1. The molecule has 0 bridgehead atoms. The molecule has 0 aliphatic carbocycles. The molecule has 3 N–H and O–H groups in total. The number of hydrogen-bond acceptors (Lipinski definition) is 10. The lowest BCUT2D eigenvalue weighted by Gasteiger charge is -2.30. The Bertz CT molecular complexity index is 1490. The highest BCUT2D eigenvalue weighted by molar-refractivity contribution is 7.89. The van der Waals surface area contributed by atoms with E-state index < -0.39 is 28.3 Å². The topological polar surface area (TPSA) is 133 Å². The monoisotopic (exact) mass is 659 g/mol. The number of hydrogen-bond donors (Lipinski definition) is 3. The van der Waals surface area contributed by atoms with Crippen molar-refractivity contribution in [3.05, 3.63) is 54.1 Å². The lowest BCUT2D eigenvalue weighted by atomic mass is 10.0. The number of sulfonamides is 1. The first-order valence-electron chi connectivity index (χ1n) is 15.8. The van der Waals surface area contributed by atoms with Gasteiger partial charge in [-0.05, 0) is 62.0 Å². The van der Waals surface area contributed by atoms with Gasteiger partial charge in [0.25, 0.3) is 0 Å². The fourth-order valence-electron chi connectivity index (χ4n) is 5.73. The number of carbonyl (C=O) groups is 1. The van der Waals surface area contributed by atoms with Crippen molar-refractivity contribution in [2.24, 2.45) is 5.92 Å². The zero-order chi connectivity index (χ0) is 31.8. The molecule has 2 aliphatic heterocycles. The van der Waals surface area contributed by atoms with Crippen LogP contribution in [0.2, 0.25) is 0 Å². The molecule has 1 amide bonds. The average molecular weight is 660 g/mol. The Labute approximate surface area is 270 Å². The van der Waals surface area contributed by atoms with Gasteiger partial charge in [0.05, 0.1) is 40.5 Å². The molecule has 1 aromatic heterocycles. The van der Waals surface area contributed by atoms with Gasteiger partial charge in [-0.25, -0.2) is 18.2 Å². The van der Waals surface area contributed by atoms with Gasteiger partial charge >= 0.3 is 6.09 Å². The van der Waals surface area contributed by atoms with Gasteiger partial charge in [-0.15, -0.1) is 0 Å². The van der Waals surface area contributed by atoms with E-state index >= 15 is 0 Å². The maximum atomic E-state index is 14.1. The van der Waals surface area contributed by atoms with E-state index in [1.54, 1.807) is 18.2 Å². The SMILES string of the molecule is CC(C)CN(C[C@@H](O)[C@H](Cc1ccccc1)NC(=O)O[C@H]1CCOC1)S(=O)(=O)c1ccc2nc(NCCN3CCCC3)sc2c1. The summed E-state index contributed by atoms with van der Waals surface area (Å²) in [5.41, 5.74) is 1.63. The van der Waals surface area contributed by atoms with Crippen LogP contribution in [0.15, 0.2) is 53.4 Å². The van der Waals surface area contributed by atoms with Gasteiger partial charge in [0, 0.05) is 32.6 Å². The standard InChI is InChI=1S/C32H45N5O6S2/c1-23(2)20-37(21-29(38)28(18-24-8-4-3-5-9-24)35-32(39)43-25-12-17-42-22-25)45(40,41)26-10-11-27-30(19-26)44-31(34-27)33-13-16-36-14-6-7-15-36/h3-5,8-11,19,23,25,28-29,38H,6-7,12-18,20-22H2,1-2H3,(H,33,34)(H,35,39)/t25-,28-,29+/m0/s1. The van der Waals surface area contributed by atoms with Crippen LogP contribution in [0.3, 0.4) is 0 Å². The average Bonchev–Trinajstić information content (AvgIpc) is 3.79. The number of alkyl carbamates (subject to hydrolysis) is 1. The summed E-state index contributed by atoms with van der Waals surface area (Å²) in [4.78, 5) is 20.0. The summed E-state index contributed by atoms with van der Waals surface area (Å²) in [6.45, 7) is 8.73. The molecule has 3 aromatic rings. The molecule has 2 aliphatic rings. The Hall–Kier alpha value is -2.81. The van der Waals surface area contributed by atoms with Crippen molar-refractivity contribution in [3.63, 3.8) is 0 Å². The van der Waals surface area contributed by atoms with Gasteiger partial charge in [-0.2, -0.15) is 4.31 Å². The molecule has 13 heteroatoms. The van der Waals surface area contributed by atoms with Crippen molar-refractivity contribution >= 4 is 42.8 Å². The van der Waals surface area contributed by atoms with E-state index in [-0.39, 0.29) is 30.0 Å². The van der Waals surface area contributed by atoms with Crippen LogP contribution in [0.5, 0.6) is 0 Å². The van der Waals surface area contributed by atoms with Crippen molar-refractivity contribution < 1.29 is 27.8 Å². The maximum Gasteiger partial charge on any atom is 0.407 e. The zero-order valence-electron chi connectivity index (χ0n) is 26.1. The second-order valence-corrected chi connectivity index (χ2v) is 15.2. The van der Waals surface area contributed by atoms with Crippen LogP contribution in [0.4, 0.5) is 9.93 Å². The number of aromatic nitrogens is 1. The van der Waals surface area contributed by atoms with Crippen LogP contribution < -0.4 is 10.6 Å². The summed E-state index contributed by atoms with van der Waals surface area (Å²) in [5, 5.41) is 18.4. The smallest absolute Gasteiger partial charge is 0.407 e. The van der Waals surface area contributed by atoms with Crippen LogP contribution in [-0.2, 0) is 25.9 Å². The van der Waals surface area contributed by atoms with E-state index in [9.17, 15) is 18.3 Å². The molecular formula is C32H45N5O6S2. The van der Waals surface area contributed by atoms with Crippen LogP contribution in [0.1, 0.15) is 38.7 Å². The number of fused-ring (bicyclic) bond motifs is 1. The van der Waals surface area contributed by atoms with Gasteiger partial charge in [-0.3, -0.25) is 0 Å². The number of aliphatic hydroxyl groups excluding tert-OH is 1. The fourth-order valence-corrected chi connectivity index (χ4v) is 8.38. The van der Waals surface area contributed by atoms with Gasteiger partial charge in [0.2, 0.25) is 10.0 Å². The molecule has 3 atom stereocenters. The minimum atomic E-state index is -3.99. The van der Waals surface area contributed by atoms with Crippen molar-refractivity contribution in [3.8, 4) is 0 Å². The molecule has 45 heavy (non-hydrogen) atoms. The highest BCUT2D eigenvalue weighted by Crippen LogP contribution is 2.30. The summed E-state index contributed by atoms with van der Waals surface area (Å²) < 4.78 is 41.0. The summed E-state index contributed by atoms with van der Waals surface area (Å²) in [6, 6.07) is 13.6. The summed E-state index contributed by atoms with van der Waals surface area (Å²) >= 11 is 1.43. The number of carbonyl (C=O) groups excluding carboxylic acids is 1. The number of ether oxygens (including phenoxy) is 2. The molecule has 2 saturated heterocycles. The largest absolute Gasteiger partial charge is 0.444 e. The number of nitrogens with zero attached hydrogens (tertiary/aromatic N) is 3. The molecule has 246 valence electrons. The zero-order valence-corrected chi connectivity index (χ0v) is 27.7. The van der Waals surface area contributed by atoms with E-state index in [1.165, 1.54) is 28.5 Å². The number of benzene rings is 2. The number of amides is 1. The van der Waals surface area contributed by atoms with Crippen molar-refractivity contribution in [1.82, 2.24) is 19.5 Å². The Kier molecular flexibility index (Phi) is 11.7. The lowest BCUT2D eigenvalue weighted by molar-refractivity contribution is 0.0644. The first kappa shape index (κ1) is 33.6. The molecule has 2 aromatic carbocycles. The first-order chi connectivity index (χ1) is 21.7.